The summed E-state index contributed by atoms with van der Waals surface area (Å²) in [6, 6.07) is 8.50. The maximum Gasteiger partial charge on any atom is 0.223 e. The molecule has 2 saturated heterocycles. The number of halogens is 2. The number of nitrogens with one attached hydrogen (secondary N) is 2. The van der Waals surface area contributed by atoms with Crippen LogP contribution in [-0.2, 0) is 9.53 Å². The lowest BCUT2D eigenvalue weighted by Gasteiger charge is -2.42. The molecule has 1 amide bonds. The first kappa shape index (κ1) is 23.4. The van der Waals surface area contributed by atoms with E-state index in [1.54, 1.807) is 0 Å². The van der Waals surface area contributed by atoms with Gasteiger partial charge in [0, 0.05) is 36.6 Å². The van der Waals surface area contributed by atoms with Crippen molar-refractivity contribution in [1.29, 1.82) is 0 Å². The molecule has 5 nitrogen and oxygen atoms in total. The van der Waals surface area contributed by atoms with Crippen LogP contribution in [0.4, 0.5) is 0 Å². The number of amides is 1. The van der Waals surface area contributed by atoms with Crippen molar-refractivity contribution in [1.82, 2.24) is 15.5 Å². The first-order valence-electron chi connectivity index (χ1n) is 9.98. The van der Waals surface area contributed by atoms with E-state index in [4.69, 9.17) is 16.3 Å². The second-order valence-corrected chi connectivity index (χ2v) is 8.90. The molecule has 0 spiro atoms. The maximum absolute atomic E-state index is 12.7. The largest absolute Gasteiger partial charge is 0.373 e. The number of carbonyl (C=O) groups excluding carboxylic acids is 1. The molecule has 1 aromatic carbocycles. The van der Waals surface area contributed by atoms with Crippen molar-refractivity contribution in [3.8, 4) is 0 Å². The summed E-state index contributed by atoms with van der Waals surface area (Å²) in [5.74, 6) is 0.281. The summed E-state index contributed by atoms with van der Waals surface area (Å²) in [7, 11) is 0. The molecule has 1 aromatic rings. The van der Waals surface area contributed by atoms with Gasteiger partial charge in [-0.25, -0.2) is 0 Å². The number of benzene rings is 1. The standard InChI is InChI=1S/C21H32ClN3O2.ClH/c1-15-12-17(8-9-23-15)20(26)24-13-19(16-4-6-18(22)7-5-16)25-10-11-27-21(2,3)14-25;/h4-7,15,17,19,23H,8-14H2,1-3H3,(H,24,26);1H/t15-,17-,19?;/m0./s1. The molecule has 2 aliphatic rings. The number of morpholine rings is 1. The Bertz CT molecular complexity index is 639. The molecular formula is C21H33Cl2N3O2. The number of nitrogens with zero attached hydrogens (tertiary/aromatic N) is 1. The second-order valence-electron chi connectivity index (χ2n) is 8.47. The lowest BCUT2D eigenvalue weighted by Crippen LogP contribution is -2.52. The van der Waals surface area contributed by atoms with Crippen LogP contribution < -0.4 is 10.6 Å². The zero-order valence-corrected chi connectivity index (χ0v) is 18.6. The molecular weight excluding hydrogens is 397 g/mol. The van der Waals surface area contributed by atoms with Crippen molar-refractivity contribution >= 4 is 29.9 Å². The third-order valence-electron chi connectivity index (χ3n) is 5.61. The van der Waals surface area contributed by atoms with Gasteiger partial charge in [0.1, 0.15) is 0 Å². The summed E-state index contributed by atoms with van der Waals surface area (Å²) in [4.78, 5) is 15.2. The summed E-state index contributed by atoms with van der Waals surface area (Å²) < 4.78 is 5.88. The highest BCUT2D eigenvalue weighted by Gasteiger charge is 2.33. The van der Waals surface area contributed by atoms with Crippen LogP contribution >= 0.6 is 24.0 Å². The predicted octanol–water partition coefficient (Wildman–Crippen LogP) is 3.42. The average molecular weight is 430 g/mol. The summed E-state index contributed by atoms with van der Waals surface area (Å²) in [5.41, 5.74) is 0.994. The Morgan fingerprint density at radius 2 is 2.11 bits per heavy atom. The highest BCUT2D eigenvalue weighted by Crippen LogP contribution is 2.27. The van der Waals surface area contributed by atoms with Crippen LogP contribution in [0, 0.1) is 5.92 Å². The van der Waals surface area contributed by atoms with Gasteiger partial charge in [-0.3, -0.25) is 9.69 Å². The number of hydrogen-bond donors (Lipinski definition) is 2. The molecule has 3 atom stereocenters. The normalized spacial score (nSPS) is 26.1. The number of piperidine rings is 1. The lowest BCUT2D eigenvalue weighted by molar-refractivity contribution is -0.127. The van der Waals surface area contributed by atoms with E-state index >= 15 is 0 Å². The minimum atomic E-state index is -0.183. The molecule has 0 saturated carbocycles. The fraction of sp³-hybridized carbons (Fsp3) is 0.667. The third-order valence-corrected chi connectivity index (χ3v) is 5.87. The molecule has 1 unspecified atom stereocenters. The highest BCUT2D eigenvalue weighted by molar-refractivity contribution is 6.30. The van der Waals surface area contributed by atoms with Crippen LogP contribution in [0.3, 0.4) is 0 Å². The zero-order chi connectivity index (χ0) is 19.4. The SMILES string of the molecule is C[C@H]1C[C@@H](C(=O)NCC(c2ccc(Cl)cc2)N2CCOC(C)(C)C2)CCN1.Cl. The monoisotopic (exact) mass is 429 g/mol. The topological polar surface area (TPSA) is 53.6 Å². The molecule has 7 heteroatoms. The predicted molar refractivity (Wildman–Crippen MR) is 116 cm³/mol. The van der Waals surface area contributed by atoms with Crippen molar-refractivity contribution in [3.63, 3.8) is 0 Å². The quantitative estimate of drug-likeness (QED) is 0.752. The molecule has 3 rings (SSSR count). The lowest BCUT2D eigenvalue weighted by atomic mass is 9.92. The minimum absolute atomic E-state index is 0. The van der Waals surface area contributed by atoms with Gasteiger partial charge in [-0.2, -0.15) is 0 Å². The van der Waals surface area contributed by atoms with Gasteiger partial charge in [0.2, 0.25) is 5.91 Å². The smallest absolute Gasteiger partial charge is 0.223 e. The van der Waals surface area contributed by atoms with Gasteiger partial charge in [-0.15, -0.1) is 12.4 Å². The van der Waals surface area contributed by atoms with Crippen LogP contribution in [0.15, 0.2) is 24.3 Å². The molecule has 0 aliphatic carbocycles. The van der Waals surface area contributed by atoms with E-state index in [1.165, 1.54) is 5.56 Å². The van der Waals surface area contributed by atoms with Gasteiger partial charge < -0.3 is 15.4 Å². The van der Waals surface area contributed by atoms with Crippen molar-refractivity contribution in [2.24, 2.45) is 5.92 Å². The van der Waals surface area contributed by atoms with Crippen LogP contribution in [0.25, 0.3) is 0 Å². The van der Waals surface area contributed by atoms with Crippen molar-refractivity contribution in [2.75, 3.05) is 32.8 Å². The van der Waals surface area contributed by atoms with Crippen LogP contribution in [0.5, 0.6) is 0 Å². The zero-order valence-electron chi connectivity index (χ0n) is 17.0. The molecule has 0 bridgehead atoms. The van der Waals surface area contributed by atoms with E-state index in [1.807, 2.05) is 12.1 Å². The first-order valence-corrected chi connectivity index (χ1v) is 10.4. The molecule has 2 heterocycles. The number of carbonyl (C=O) groups is 1. The van der Waals surface area contributed by atoms with Gasteiger partial charge in [0.05, 0.1) is 18.2 Å². The molecule has 2 N–H and O–H groups in total. The summed E-state index contributed by atoms with van der Waals surface area (Å²) in [5, 5.41) is 7.37. The van der Waals surface area contributed by atoms with Crippen LogP contribution in [0.1, 0.15) is 45.2 Å². The third kappa shape index (κ3) is 6.33. The van der Waals surface area contributed by atoms with Crippen LogP contribution in [0.2, 0.25) is 5.02 Å². The summed E-state index contributed by atoms with van der Waals surface area (Å²) >= 11 is 6.08. The van der Waals surface area contributed by atoms with Crippen LogP contribution in [-0.4, -0.2) is 55.2 Å². The Kier molecular flexibility index (Phi) is 8.59. The summed E-state index contributed by atoms with van der Waals surface area (Å²) in [6.45, 7) is 10.3. The first-order chi connectivity index (χ1) is 12.8. The van der Waals surface area contributed by atoms with E-state index < -0.39 is 0 Å². The second kappa shape index (κ2) is 10.3. The number of rotatable bonds is 5. The molecule has 0 aromatic heterocycles. The maximum atomic E-state index is 12.7. The molecule has 2 aliphatic heterocycles. The Labute approximate surface area is 179 Å². The van der Waals surface area contributed by atoms with Gasteiger partial charge in [0.25, 0.3) is 0 Å². The molecule has 158 valence electrons. The van der Waals surface area contributed by atoms with E-state index in [-0.39, 0.29) is 35.9 Å². The molecule has 0 radical (unpaired) electrons. The van der Waals surface area contributed by atoms with Gasteiger partial charge in [-0.1, -0.05) is 23.7 Å². The Morgan fingerprint density at radius 1 is 1.39 bits per heavy atom. The minimum Gasteiger partial charge on any atom is -0.373 e. The number of hydrogen-bond acceptors (Lipinski definition) is 4. The van der Waals surface area contributed by atoms with Crippen molar-refractivity contribution < 1.29 is 9.53 Å². The van der Waals surface area contributed by atoms with Gasteiger partial charge in [-0.05, 0) is 57.9 Å². The van der Waals surface area contributed by atoms with E-state index in [0.29, 0.717) is 19.2 Å². The van der Waals surface area contributed by atoms with Crippen molar-refractivity contribution in [2.45, 2.75) is 51.3 Å². The molecule has 28 heavy (non-hydrogen) atoms. The van der Waals surface area contributed by atoms with E-state index in [2.05, 4.69) is 48.4 Å². The van der Waals surface area contributed by atoms with Gasteiger partial charge >= 0.3 is 0 Å². The molecule has 2 fully saturated rings. The highest BCUT2D eigenvalue weighted by atomic mass is 35.5. The number of ether oxygens (including phenoxy) is 1. The summed E-state index contributed by atoms with van der Waals surface area (Å²) in [6.07, 6.45) is 1.81. The van der Waals surface area contributed by atoms with E-state index in [0.717, 1.165) is 37.5 Å². The van der Waals surface area contributed by atoms with E-state index in [9.17, 15) is 4.79 Å². The van der Waals surface area contributed by atoms with Gasteiger partial charge in [0.15, 0.2) is 0 Å². The van der Waals surface area contributed by atoms with Crippen molar-refractivity contribution in [3.05, 3.63) is 34.9 Å². The Hall–Kier alpha value is -0.850. The fourth-order valence-electron chi connectivity index (χ4n) is 4.17. The Morgan fingerprint density at radius 3 is 2.75 bits per heavy atom. The fourth-order valence-corrected chi connectivity index (χ4v) is 4.30. The Balaban J connectivity index is 0.00000280. The average Bonchev–Trinajstić information content (AvgIpc) is 2.62.